The van der Waals surface area contributed by atoms with Gasteiger partial charge in [0.2, 0.25) is 5.91 Å². The Morgan fingerprint density at radius 1 is 1.16 bits per heavy atom. The molecule has 1 N–H and O–H groups in total. The van der Waals surface area contributed by atoms with Gasteiger partial charge in [-0.3, -0.25) is 14.5 Å². The number of esters is 1. The number of rotatable bonds is 8. The monoisotopic (exact) mass is 446 g/mol. The predicted molar refractivity (Wildman–Crippen MR) is 119 cm³/mol. The van der Waals surface area contributed by atoms with Crippen LogP contribution in [0.1, 0.15) is 30.5 Å². The Bertz CT molecular complexity index is 950. The fourth-order valence-corrected chi connectivity index (χ4v) is 4.03. The van der Waals surface area contributed by atoms with Crippen molar-refractivity contribution >= 4 is 29.2 Å². The number of methoxy groups -OCH3 is 2. The second kappa shape index (κ2) is 10.5. The molecule has 1 atom stereocenters. The Kier molecular flexibility index (Phi) is 7.76. The van der Waals surface area contributed by atoms with Crippen molar-refractivity contribution in [3.05, 3.63) is 52.5 Å². The number of ether oxygens (including phenoxy) is 3. The molecule has 0 radical (unpaired) electrons. The largest absolute Gasteiger partial charge is 0.493 e. The molecule has 0 spiro atoms. The molecule has 0 saturated carbocycles. The molecule has 166 valence electrons. The van der Waals surface area contributed by atoms with Gasteiger partial charge in [-0.1, -0.05) is 17.7 Å². The van der Waals surface area contributed by atoms with Crippen molar-refractivity contribution in [2.75, 3.05) is 39.2 Å². The van der Waals surface area contributed by atoms with Gasteiger partial charge in [0.15, 0.2) is 11.5 Å². The van der Waals surface area contributed by atoms with Gasteiger partial charge in [0.1, 0.15) is 0 Å². The van der Waals surface area contributed by atoms with Crippen LogP contribution in [0.15, 0.2) is 36.4 Å². The van der Waals surface area contributed by atoms with E-state index in [1.54, 1.807) is 45.4 Å². The van der Waals surface area contributed by atoms with Crippen LogP contribution in [-0.2, 0) is 20.7 Å². The molecule has 1 amide bonds. The molecule has 1 heterocycles. The first-order chi connectivity index (χ1) is 14.9. The summed E-state index contributed by atoms with van der Waals surface area (Å²) >= 11 is 6.00. The summed E-state index contributed by atoms with van der Waals surface area (Å²) < 4.78 is 16.1. The van der Waals surface area contributed by atoms with E-state index in [2.05, 4.69) is 5.32 Å². The van der Waals surface area contributed by atoms with Crippen LogP contribution < -0.4 is 14.8 Å². The number of nitrogens with one attached hydrogen (secondary N) is 1. The fraction of sp³-hybridized carbons (Fsp3) is 0.391. The maximum Gasteiger partial charge on any atom is 0.307 e. The zero-order valence-electron chi connectivity index (χ0n) is 17.9. The smallest absolute Gasteiger partial charge is 0.307 e. The Morgan fingerprint density at radius 2 is 1.90 bits per heavy atom. The quantitative estimate of drug-likeness (QED) is 0.621. The second-order valence-electron chi connectivity index (χ2n) is 7.21. The topological polar surface area (TPSA) is 77.1 Å². The molecule has 0 saturated heterocycles. The molecule has 8 heteroatoms. The number of carbonyl (C=O) groups is 2. The highest BCUT2D eigenvalue weighted by molar-refractivity contribution is 6.30. The predicted octanol–water partition coefficient (Wildman–Crippen LogP) is 3.85. The third kappa shape index (κ3) is 5.68. The molecule has 7 nitrogen and oxygen atoms in total. The van der Waals surface area contributed by atoms with Gasteiger partial charge in [0.25, 0.3) is 0 Å². The van der Waals surface area contributed by atoms with Crippen LogP contribution in [0.2, 0.25) is 5.02 Å². The third-order valence-electron chi connectivity index (χ3n) is 5.23. The molecule has 3 rings (SSSR count). The number of hydrogen-bond donors (Lipinski definition) is 1. The number of carbonyl (C=O) groups excluding carboxylic acids is 2. The lowest BCUT2D eigenvalue weighted by atomic mass is 9.90. The van der Waals surface area contributed by atoms with Gasteiger partial charge < -0.3 is 19.5 Å². The summed E-state index contributed by atoms with van der Waals surface area (Å²) in [5.74, 6) is 0.735. The highest BCUT2D eigenvalue weighted by Crippen LogP contribution is 2.39. The van der Waals surface area contributed by atoms with Crippen LogP contribution in [0.3, 0.4) is 0 Å². The molecule has 31 heavy (non-hydrogen) atoms. The number of amides is 1. The van der Waals surface area contributed by atoms with Gasteiger partial charge in [-0.2, -0.15) is 0 Å². The first kappa shape index (κ1) is 22.9. The minimum atomic E-state index is -0.312. The average Bonchev–Trinajstić information content (AvgIpc) is 2.74. The van der Waals surface area contributed by atoms with E-state index < -0.39 is 0 Å². The molecule has 0 aromatic heterocycles. The minimum absolute atomic E-state index is 0.129. The van der Waals surface area contributed by atoms with Crippen molar-refractivity contribution in [1.82, 2.24) is 4.90 Å². The summed E-state index contributed by atoms with van der Waals surface area (Å²) in [6, 6.07) is 10.5. The molecule has 0 fully saturated rings. The molecule has 0 bridgehead atoms. The van der Waals surface area contributed by atoms with Gasteiger partial charge in [-0.15, -0.1) is 0 Å². The molecule has 2 aromatic carbocycles. The van der Waals surface area contributed by atoms with Crippen molar-refractivity contribution in [1.29, 1.82) is 0 Å². The lowest BCUT2D eigenvalue weighted by Crippen LogP contribution is -2.41. The number of hydrogen-bond acceptors (Lipinski definition) is 6. The minimum Gasteiger partial charge on any atom is -0.493 e. The zero-order chi connectivity index (χ0) is 22.4. The molecule has 0 unspecified atom stereocenters. The van der Waals surface area contributed by atoms with E-state index in [4.69, 9.17) is 25.8 Å². The van der Waals surface area contributed by atoms with E-state index in [0.717, 1.165) is 17.5 Å². The summed E-state index contributed by atoms with van der Waals surface area (Å²) in [5.41, 5.74) is 2.63. The number of nitrogens with zero attached hydrogens (tertiary/aromatic N) is 1. The fourth-order valence-electron chi connectivity index (χ4n) is 3.84. The number of anilines is 1. The summed E-state index contributed by atoms with van der Waals surface area (Å²) in [5, 5.41) is 3.42. The molecule has 1 aliphatic heterocycles. The van der Waals surface area contributed by atoms with E-state index in [-0.39, 0.29) is 30.9 Å². The van der Waals surface area contributed by atoms with Crippen LogP contribution in [0.5, 0.6) is 11.5 Å². The lowest BCUT2D eigenvalue weighted by Gasteiger charge is -2.37. The van der Waals surface area contributed by atoms with Crippen LogP contribution in [0.4, 0.5) is 5.69 Å². The van der Waals surface area contributed by atoms with Gasteiger partial charge in [0, 0.05) is 23.3 Å². The normalized spacial score (nSPS) is 15.7. The number of benzene rings is 2. The average molecular weight is 447 g/mol. The molecule has 1 aliphatic rings. The summed E-state index contributed by atoms with van der Waals surface area (Å²) in [6.45, 7) is 2.83. The highest BCUT2D eigenvalue weighted by atomic mass is 35.5. The van der Waals surface area contributed by atoms with Gasteiger partial charge in [0.05, 0.1) is 33.8 Å². The Hall–Kier alpha value is -2.77. The molecular weight excluding hydrogens is 420 g/mol. The van der Waals surface area contributed by atoms with E-state index in [1.807, 2.05) is 17.0 Å². The van der Waals surface area contributed by atoms with Gasteiger partial charge in [-0.25, -0.2) is 0 Å². The summed E-state index contributed by atoms with van der Waals surface area (Å²) in [6.07, 6.45) is 0.861. The van der Waals surface area contributed by atoms with E-state index >= 15 is 0 Å². The van der Waals surface area contributed by atoms with Crippen molar-refractivity contribution < 1.29 is 23.8 Å². The Balaban J connectivity index is 1.85. The summed E-state index contributed by atoms with van der Waals surface area (Å²) in [7, 11) is 3.17. The number of halogens is 1. The SMILES string of the molecule is CCOC(=O)C[C@H]1c2cc(OC)c(OC)cc2CCN1CC(=O)Nc1cccc(Cl)c1. The third-order valence-corrected chi connectivity index (χ3v) is 5.47. The molecule has 0 aliphatic carbocycles. The Labute approximate surface area is 187 Å². The van der Waals surface area contributed by atoms with Crippen molar-refractivity contribution in [2.45, 2.75) is 25.8 Å². The highest BCUT2D eigenvalue weighted by Gasteiger charge is 2.32. The van der Waals surface area contributed by atoms with Crippen LogP contribution in [-0.4, -0.2) is 50.7 Å². The van der Waals surface area contributed by atoms with E-state index in [0.29, 0.717) is 35.4 Å². The summed E-state index contributed by atoms with van der Waals surface area (Å²) in [4.78, 5) is 27.1. The zero-order valence-corrected chi connectivity index (χ0v) is 18.7. The first-order valence-electron chi connectivity index (χ1n) is 10.1. The maximum atomic E-state index is 12.7. The maximum absolute atomic E-state index is 12.7. The Morgan fingerprint density at radius 3 is 2.58 bits per heavy atom. The van der Waals surface area contributed by atoms with E-state index in [9.17, 15) is 9.59 Å². The van der Waals surface area contributed by atoms with E-state index in [1.165, 1.54) is 0 Å². The van der Waals surface area contributed by atoms with Crippen LogP contribution in [0, 0.1) is 0 Å². The van der Waals surface area contributed by atoms with Crippen molar-refractivity contribution in [3.63, 3.8) is 0 Å². The van der Waals surface area contributed by atoms with Gasteiger partial charge >= 0.3 is 5.97 Å². The number of fused-ring (bicyclic) bond motifs is 1. The first-order valence-corrected chi connectivity index (χ1v) is 10.5. The molecule has 2 aromatic rings. The standard InChI is InChI=1S/C23H27ClN2O5/c1-4-31-23(28)13-19-18-12-21(30-3)20(29-2)10-15(18)8-9-26(19)14-22(27)25-17-7-5-6-16(24)11-17/h5-7,10-12,19H,4,8-9,13-14H2,1-3H3,(H,25,27)/t19-/m0/s1. The molecular formula is C23H27ClN2O5. The lowest BCUT2D eigenvalue weighted by molar-refractivity contribution is -0.145. The second-order valence-corrected chi connectivity index (χ2v) is 7.65. The van der Waals surface area contributed by atoms with Crippen LogP contribution >= 0.6 is 11.6 Å². The van der Waals surface area contributed by atoms with Crippen LogP contribution in [0.25, 0.3) is 0 Å². The van der Waals surface area contributed by atoms with Crippen molar-refractivity contribution in [3.8, 4) is 11.5 Å². The van der Waals surface area contributed by atoms with Crippen molar-refractivity contribution in [2.24, 2.45) is 0 Å². The van der Waals surface area contributed by atoms with Gasteiger partial charge in [-0.05, 0) is 54.8 Å².